The Balaban J connectivity index is 1.76. The molecule has 1 N–H and O–H groups in total. The van der Waals surface area contributed by atoms with Crippen LogP contribution in [0.3, 0.4) is 0 Å². The summed E-state index contributed by atoms with van der Waals surface area (Å²) < 4.78 is 0. The number of fused-ring (bicyclic) bond motifs is 2. The maximum atomic E-state index is 13.0. The lowest BCUT2D eigenvalue weighted by atomic mass is 9.83. The van der Waals surface area contributed by atoms with Crippen molar-refractivity contribution in [2.24, 2.45) is 0 Å². The van der Waals surface area contributed by atoms with Gasteiger partial charge in [-0.15, -0.1) is 0 Å². The van der Waals surface area contributed by atoms with Crippen molar-refractivity contribution in [1.29, 1.82) is 0 Å². The van der Waals surface area contributed by atoms with Crippen LogP contribution >= 0.6 is 11.6 Å². The number of ketones is 2. The molecule has 0 spiro atoms. The van der Waals surface area contributed by atoms with Gasteiger partial charge in [-0.25, -0.2) is 0 Å². The molecule has 0 saturated heterocycles. The summed E-state index contributed by atoms with van der Waals surface area (Å²) in [6.45, 7) is 0.508. The van der Waals surface area contributed by atoms with Crippen LogP contribution in [0.15, 0.2) is 60.9 Å². The molecule has 0 saturated carbocycles. The van der Waals surface area contributed by atoms with E-state index in [-0.39, 0.29) is 17.1 Å². The van der Waals surface area contributed by atoms with Gasteiger partial charge in [0.25, 0.3) is 0 Å². The van der Waals surface area contributed by atoms with Gasteiger partial charge in [-0.05, 0) is 23.8 Å². The van der Waals surface area contributed by atoms with Gasteiger partial charge in [-0.3, -0.25) is 14.6 Å². The molecule has 0 bridgehead atoms. The fourth-order valence-corrected chi connectivity index (χ4v) is 3.31. The van der Waals surface area contributed by atoms with Gasteiger partial charge in [0.2, 0.25) is 0 Å². The fourth-order valence-electron chi connectivity index (χ4n) is 3.05. The molecule has 3 aromatic rings. The zero-order chi connectivity index (χ0) is 17.4. The van der Waals surface area contributed by atoms with Crippen molar-refractivity contribution >= 4 is 28.9 Å². The third-order valence-electron chi connectivity index (χ3n) is 4.23. The van der Waals surface area contributed by atoms with Crippen LogP contribution in [0.4, 0.5) is 5.69 Å². The second-order valence-electron chi connectivity index (χ2n) is 5.76. The van der Waals surface area contributed by atoms with Crippen molar-refractivity contribution < 1.29 is 9.59 Å². The normalized spacial score (nSPS) is 12.5. The second kappa shape index (κ2) is 6.15. The summed E-state index contributed by atoms with van der Waals surface area (Å²) in [5, 5.41) is 3.54. The highest BCUT2D eigenvalue weighted by Gasteiger charge is 2.32. The Kier molecular flexibility index (Phi) is 3.82. The minimum absolute atomic E-state index is 0.193. The Morgan fingerprint density at radius 2 is 1.60 bits per heavy atom. The number of hydrogen-bond donors (Lipinski definition) is 1. The highest BCUT2D eigenvalue weighted by Crippen LogP contribution is 2.35. The molecule has 5 heteroatoms. The summed E-state index contributed by atoms with van der Waals surface area (Å²) in [7, 11) is 0. The molecule has 4 rings (SSSR count). The average Bonchev–Trinajstić information content (AvgIpc) is 2.65. The van der Waals surface area contributed by atoms with Crippen molar-refractivity contribution in [3.63, 3.8) is 0 Å². The van der Waals surface area contributed by atoms with Crippen LogP contribution in [0.1, 0.15) is 37.4 Å². The summed E-state index contributed by atoms with van der Waals surface area (Å²) in [5.41, 5.74) is 3.02. The van der Waals surface area contributed by atoms with Crippen LogP contribution < -0.4 is 5.32 Å². The average molecular weight is 349 g/mol. The van der Waals surface area contributed by atoms with Crippen molar-refractivity contribution in [2.75, 3.05) is 5.32 Å². The first-order valence-electron chi connectivity index (χ1n) is 7.80. The number of hydrogen-bond acceptors (Lipinski definition) is 4. The molecule has 0 radical (unpaired) electrons. The molecule has 0 amide bonds. The molecule has 1 aromatic heterocycles. The summed E-state index contributed by atoms with van der Waals surface area (Å²) >= 11 is 6.15. The molecule has 25 heavy (non-hydrogen) atoms. The van der Waals surface area contributed by atoms with Crippen LogP contribution in [0.2, 0.25) is 5.02 Å². The van der Waals surface area contributed by atoms with Gasteiger partial charge in [0, 0.05) is 35.8 Å². The quantitative estimate of drug-likeness (QED) is 0.605. The summed E-state index contributed by atoms with van der Waals surface area (Å²) in [5.74, 6) is -0.415. The van der Waals surface area contributed by atoms with Gasteiger partial charge >= 0.3 is 0 Å². The predicted octanol–water partition coefficient (Wildman–Crippen LogP) is 4.12. The highest BCUT2D eigenvalue weighted by atomic mass is 35.5. The first-order chi connectivity index (χ1) is 12.2. The first kappa shape index (κ1) is 15.5. The molecular formula is C20H13ClN2O2. The van der Waals surface area contributed by atoms with E-state index >= 15 is 0 Å². The minimum atomic E-state index is -0.222. The van der Waals surface area contributed by atoms with E-state index in [9.17, 15) is 9.59 Å². The van der Waals surface area contributed by atoms with E-state index in [1.54, 1.807) is 48.8 Å². The maximum Gasteiger partial charge on any atom is 0.196 e. The number of carbonyl (C=O) groups is 2. The van der Waals surface area contributed by atoms with Gasteiger partial charge in [-0.1, -0.05) is 41.9 Å². The van der Waals surface area contributed by atoms with Gasteiger partial charge in [0.05, 0.1) is 16.1 Å². The molecule has 0 atom stereocenters. The number of aromatic nitrogens is 1. The van der Waals surface area contributed by atoms with Crippen LogP contribution in [0.5, 0.6) is 0 Å². The number of halogens is 1. The van der Waals surface area contributed by atoms with Crippen LogP contribution in [0, 0.1) is 0 Å². The number of nitrogens with one attached hydrogen (secondary N) is 1. The van der Waals surface area contributed by atoms with Gasteiger partial charge in [0.15, 0.2) is 11.6 Å². The summed E-state index contributed by atoms with van der Waals surface area (Å²) in [6, 6.07) is 14.0. The topological polar surface area (TPSA) is 59.1 Å². The van der Waals surface area contributed by atoms with E-state index < -0.39 is 0 Å². The predicted molar refractivity (Wildman–Crippen MR) is 96.3 cm³/mol. The Bertz CT molecular complexity index is 1000. The summed E-state index contributed by atoms with van der Waals surface area (Å²) in [4.78, 5) is 29.9. The lowest BCUT2D eigenvalue weighted by Gasteiger charge is -2.21. The van der Waals surface area contributed by atoms with Crippen molar-refractivity contribution in [3.05, 3.63) is 93.8 Å². The fraction of sp³-hybridized carbons (Fsp3) is 0.0500. The van der Waals surface area contributed by atoms with Gasteiger partial charge in [0.1, 0.15) is 0 Å². The smallest absolute Gasteiger partial charge is 0.196 e. The molecule has 2 aromatic carbocycles. The maximum absolute atomic E-state index is 13.0. The number of rotatable bonds is 3. The van der Waals surface area contributed by atoms with Crippen molar-refractivity contribution in [2.45, 2.75) is 6.54 Å². The summed E-state index contributed by atoms with van der Waals surface area (Å²) in [6.07, 6.45) is 3.46. The Labute approximate surface area is 149 Å². The molecule has 0 fully saturated rings. The molecule has 1 aliphatic carbocycles. The lowest BCUT2D eigenvalue weighted by Crippen LogP contribution is -2.23. The van der Waals surface area contributed by atoms with E-state index in [0.717, 1.165) is 5.56 Å². The molecule has 1 aliphatic rings. The zero-order valence-electron chi connectivity index (χ0n) is 13.1. The third-order valence-corrected chi connectivity index (χ3v) is 4.54. The third kappa shape index (κ3) is 2.61. The number of benzene rings is 2. The largest absolute Gasteiger partial charge is 0.380 e. The van der Waals surface area contributed by atoms with E-state index in [0.29, 0.717) is 33.9 Å². The molecule has 0 aliphatic heterocycles. The number of nitrogens with zero attached hydrogens (tertiary/aromatic N) is 1. The van der Waals surface area contributed by atoms with E-state index in [4.69, 9.17) is 11.6 Å². The monoisotopic (exact) mass is 348 g/mol. The molecular weight excluding hydrogens is 336 g/mol. The Morgan fingerprint density at radius 1 is 0.880 bits per heavy atom. The number of carbonyl (C=O) groups excluding carboxylic acids is 2. The Hall–Kier alpha value is -2.98. The van der Waals surface area contributed by atoms with E-state index in [2.05, 4.69) is 10.3 Å². The van der Waals surface area contributed by atoms with Gasteiger partial charge in [-0.2, -0.15) is 0 Å². The number of anilines is 1. The van der Waals surface area contributed by atoms with Crippen molar-refractivity contribution in [1.82, 2.24) is 4.98 Å². The lowest BCUT2D eigenvalue weighted by molar-refractivity contribution is 0.0979. The number of pyridine rings is 1. The minimum Gasteiger partial charge on any atom is -0.380 e. The van der Waals surface area contributed by atoms with E-state index in [1.807, 2.05) is 12.1 Å². The molecule has 1 heterocycles. The molecule has 122 valence electrons. The molecule has 0 unspecified atom stereocenters. The first-order valence-corrected chi connectivity index (χ1v) is 8.18. The highest BCUT2D eigenvalue weighted by molar-refractivity contribution is 6.39. The van der Waals surface area contributed by atoms with Crippen LogP contribution in [-0.2, 0) is 6.54 Å². The van der Waals surface area contributed by atoms with Crippen LogP contribution in [0.25, 0.3) is 0 Å². The van der Waals surface area contributed by atoms with Gasteiger partial charge < -0.3 is 5.32 Å². The van der Waals surface area contributed by atoms with Crippen molar-refractivity contribution in [3.8, 4) is 0 Å². The van der Waals surface area contributed by atoms with Crippen LogP contribution in [-0.4, -0.2) is 16.6 Å². The second-order valence-corrected chi connectivity index (χ2v) is 6.17. The zero-order valence-corrected chi connectivity index (χ0v) is 13.9. The van der Waals surface area contributed by atoms with E-state index in [1.165, 1.54) is 0 Å². The SMILES string of the molecule is O=C1c2cccc(NCc3cccnc3)c2C(=O)c2cccc(Cl)c21. The molecule has 4 nitrogen and oxygen atoms in total. The standard InChI is InChI=1S/C20H13ClN2O2/c21-15-7-1-5-13-17(15)19(24)14-6-2-8-16(18(14)20(13)25)23-11-12-4-3-9-22-10-12/h1-10,23H,11H2. The Morgan fingerprint density at radius 3 is 2.36 bits per heavy atom.